The fourth-order valence-electron chi connectivity index (χ4n) is 2.42. The Hall–Kier alpha value is -1.04. The van der Waals surface area contributed by atoms with Crippen molar-refractivity contribution in [1.82, 2.24) is 4.90 Å². The summed E-state index contributed by atoms with van der Waals surface area (Å²) >= 11 is 1.62. The number of amides is 1. The molecule has 1 saturated heterocycles. The number of nitrogens with zero attached hydrogens (tertiary/aromatic N) is 1. The Morgan fingerprint density at radius 1 is 1.40 bits per heavy atom. The van der Waals surface area contributed by atoms with E-state index < -0.39 is 0 Å². The highest BCUT2D eigenvalue weighted by Gasteiger charge is 2.25. The van der Waals surface area contributed by atoms with Crippen molar-refractivity contribution in [2.45, 2.75) is 36.8 Å². The Labute approximate surface area is 124 Å². The van der Waals surface area contributed by atoms with Crippen LogP contribution in [0.5, 0.6) is 0 Å². The molecule has 0 spiro atoms. The van der Waals surface area contributed by atoms with Gasteiger partial charge < -0.3 is 10.4 Å². The molecule has 1 heterocycles. The summed E-state index contributed by atoms with van der Waals surface area (Å²) in [7, 11) is 0. The summed E-state index contributed by atoms with van der Waals surface area (Å²) in [4.78, 5) is 15.5. The van der Waals surface area contributed by atoms with Gasteiger partial charge in [0.25, 0.3) is 0 Å². The van der Waals surface area contributed by atoms with Gasteiger partial charge in [-0.1, -0.05) is 12.1 Å². The van der Waals surface area contributed by atoms with E-state index in [0.717, 1.165) is 36.5 Å². The topological polar surface area (TPSA) is 52.6 Å². The van der Waals surface area contributed by atoms with Gasteiger partial charge in [0.15, 0.2) is 0 Å². The largest absolute Gasteiger partial charge is 0.393 e. The quantitative estimate of drug-likeness (QED) is 0.836. The first-order chi connectivity index (χ1) is 9.61. The van der Waals surface area contributed by atoms with Crippen molar-refractivity contribution in [3.8, 4) is 0 Å². The lowest BCUT2D eigenvalue weighted by Crippen LogP contribution is -2.47. The summed E-state index contributed by atoms with van der Waals surface area (Å²) in [5, 5.41) is 12.5. The molecule has 1 unspecified atom stereocenters. The molecule has 0 aromatic heterocycles. The molecule has 0 aliphatic carbocycles. The molecule has 2 rings (SSSR count). The Morgan fingerprint density at radius 2 is 2.05 bits per heavy atom. The molecule has 5 heteroatoms. The summed E-state index contributed by atoms with van der Waals surface area (Å²) in [6, 6.07) is 7.66. The Balaban J connectivity index is 1.97. The third-order valence-corrected chi connectivity index (χ3v) is 4.59. The van der Waals surface area contributed by atoms with Crippen LogP contribution in [0.4, 0.5) is 5.69 Å². The van der Waals surface area contributed by atoms with Crippen LogP contribution in [0.2, 0.25) is 0 Å². The van der Waals surface area contributed by atoms with Gasteiger partial charge in [-0.05, 0) is 38.2 Å². The van der Waals surface area contributed by atoms with Gasteiger partial charge >= 0.3 is 0 Å². The minimum absolute atomic E-state index is 0.0166. The van der Waals surface area contributed by atoms with Crippen LogP contribution in [0.1, 0.15) is 19.8 Å². The summed E-state index contributed by atoms with van der Waals surface area (Å²) in [5.41, 5.74) is 0.869. The van der Waals surface area contributed by atoms with Crippen molar-refractivity contribution in [2.24, 2.45) is 0 Å². The van der Waals surface area contributed by atoms with Crippen LogP contribution in [-0.2, 0) is 4.79 Å². The van der Waals surface area contributed by atoms with E-state index in [1.165, 1.54) is 0 Å². The van der Waals surface area contributed by atoms with Crippen LogP contribution in [0, 0.1) is 0 Å². The summed E-state index contributed by atoms with van der Waals surface area (Å²) in [6.07, 6.45) is 3.29. The lowest BCUT2D eigenvalue weighted by molar-refractivity contribution is -0.121. The van der Waals surface area contributed by atoms with Crippen molar-refractivity contribution in [1.29, 1.82) is 0 Å². The molecule has 2 N–H and O–H groups in total. The third-order valence-electron chi connectivity index (χ3n) is 3.79. The Morgan fingerprint density at radius 3 is 2.70 bits per heavy atom. The van der Waals surface area contributed by atoms with Crippen LogP contribution in [0.25, 0.3) is 0 Å². The fraction of sp³-hybridized carbons (Fsp3) is 0.533. The number of benzene rings is 1. The number of aliphatic hydroxyl groups is 1. The molecule has 0 saturated carbocycles. The first-order valence-electron chi connectivity index (χ1n) is 6.98. The standard InChI is InChI=1S/C15H22N2O2S/c1-11(17-9-7-12(18)8-10-17)15(19)16-13-5-3-4-6-14(13)20-2/h3-6,11-12,18H,7-10H2,1-2H3,(H,16,19). The number of carbonyl (C=O) groups is 1. The number of piperidine rings is 1. The molecule has 1 amide bonds. The summed E-state index contributed by atoms with van der Waals surface area (Å²) < 4.78 is 0. The van der Waals surface area contributed by atoms with Crippen LogP contribution in [0.3, 0.4) is 0 Å². The number of rotatable bonds is 4. The molecule has 0 radical (unpaired) electrons. The highest BCUT2D eigenvalue weighted by atomic mass is 32.2. The normalized spacial score (nSPS) is 18.8. The number of hydrogen-bond donors (Lipinski definition) is 2. The monoisotopic (exact) mass is 294 g/mol. The number of nitrogens with one attached hydrogen (secondary N) is 1. The molecule has 1 aliphatic heterocycles. The van der Waals surface area contributed by atoms with Gasteiger partial charge in [-0.25, -0.2) is 0 Å². The van der Waals surface area contributed by atoms with Crippen LogP contribution >= 0.6 is 11.8 Å². The van der Waals surface area contributed by atoms with Gasteiger partial charge in [0, 0.05) is 18.0 Å². The zero-order chi connectivity index (χ0) is 14.5. The lowest BCUT2D eigenvalue weighted by atomic mass is 10.1. The van der Waals surface area contributed by atoms with E-state index in [9.17, 15) is 9.90 Å². The van der Waals surface area contributed by atoms with Crippen molar-refractivity contribution in [3.05, 3.63) is 24.3 Å². The van der Waals surface area contributed by atoms with Crippen molar-refractivity contribution < 1.29 is 9.90 Å². The predicted molar refractivity (Wildman–Crippen MR) is 83.1 cm³/mol. The fourth-order valence-corrected chi connectivity index (χ4v) is 2.98. The lowest BCUT2D eigenvalue weighted by Gasteiger charge is -2.33. The van der Waals surface area contributed by atoms with Crippen molar-refractivity contribution >= 4 is 23.4 Å². The van der Waals surface area contributed by atoms with E-state index in [4.69, 9.17) is 0 Å². The van der Waals surface area contributed by atoms with E-state index >= 15 is 0 Å². The number of anilines is 1. The molecule has 1 aromatic carbocycles. The van der Waals surface area contributed by atoms with Gasteiger partial charge in [0.1, 0.15) is 0 Å². The number of carbonyl (C=O) groups excluding carboxylic acids is 1. The van der Waals surface area contributed by atoms with Crippen LogP contribution in [-0.4, -0.2) is 47.4 Å². The van der Waals surface area contributed by atoms with E-state index in [1.54, 1.807) is 11.8 Å². The number of hydrogen-bond acceptors (Lipinski definition) is 4. The average Bonchev–Trinajstić information content (AvgIpc) is 2.48. The first kappa shape index (κ1) is 15.4. The van der Waals surface area contributed by atoms with E-state index in [0.29, 0.717) is 0 Å². The minimum Gasteiger partial charge on any atom is -0.393 e. The van der Waals surface area contributed by atoms with Gasteiger partial charge in [-0.2, -0.15) is 0 Å². The Bertz CT molecular complexity index is 459. The maximum Gasteiger partial charge on any atom is 0.241 e. The maximum atomic E-state index is 12.3. The molecule has 4 nitrogen and oxygen atoms in total. The number of likely N-dealkylation sites (tertiary alicyclic amines) is 1. The number of aliphatic hydroxyl groups excluding tert-OH is 1. The molecular formula is C15H22N2O2S. The molecule has 110 valence electrons. The highest BCUT2D eigenvalue weighted by Crippen LogP contribution is 2.25. The Kier molecular flexibility index (Phi) is 5.46. The second-order valence-corrected chi connectivity index (χ2v) is 5.98. The molecule has 1 aromatic rings. The van der Waals surface area contributed by atoms with Crippen LogP contribution < -0.4 is 5.32 Å². The smallest absolute Gasteiger partial charge is 0.241 e. The van der Waals surface area contributed by atoms with Crippen molar-refractivity contribution in [3.63, 3.8) is 0 Å². The number of thioether (sulfide) groups is 1. The van der Waals surface area contributed by atoms with Gasteiger partial charge in [-0.15, -0.1) is 11.8 Å². The number of para-hydroxylation sites is 1. The van der Waals surface area contributed by atoms with Gasteiger partial charge in [0.2, 0.25) is 5.91 Å². The van der Waals surface area contributed by atoms with E-state index in [2.05, 4.69) is 10.2 Å². The SMILES string of the molecule is CSc1ccccc1NC(=O)C(C)N1CCC(O)CC1. The molecule has 1 atom stereocenters. The summed E-state index contributed by atoms with van der Waals surface area (Å²) in [6.45, 7) is 3.48. The summed E-state index contributed by atoms with van der Waals surface area (Å²) in [5.74, 6) is 0.0166. The molecular weight excluding hydrogens is 272 g/mol. The molecule has 1 aliphatic rings. The van der Waals surface area contributed by atoms with E-state index in [1.807, 2.05) is 37.4 Å². The highest BCUT2D eigenvalue weighted by molar-refractivity contribution is 7.98. The van der Waals surface area contributed by atoms with Gasteiger partial charge in [0.05, 0.1) is 17.8 Å². The second kappa shape index (κ2) is 7.11. The second-order valence-electron chi connectivity index (χ2n) is 5.13. The third kappa shape index (κ3) is 3.75. The van der Waals surface area contributed by atoms with Crippen LogP contribution in [0.15, 0.2) is 29.2 Å². The van der Waals surface area contributed by atoms with E-state index in [-0.39, 0.29) is 18.1 Å². The predicted octanol–water partition coefficient (Wildman–Crippen LogP) is 2.19. The molecule has 20 heavy (non-hydrogen) atoms. The molecule has 1 fully saturated rings. The first-order valence-corrected chi connectivity index (χ1v) is 8.20. The maximum absolute atomic E-state index is 12.3. The van der Waals surface area contributed by atoms with Crippen molar-refractivity contribution in [2.75, 3.05) is 24.7 Å². The van der Waals surface area contributed by atoms with Gasteiger partial charge in [-0.3, -0.25) is 9.69 Å². The molecule has 0 bridgehead atoms. The average molecular weight is 294 g/mol. The zero-order valence-electron chi connectivity index (χ0n) is 12.0. The zero-order valence-corrected chi connectivity index (χ0v) is 12.8. The minimum atomic E-state index is -0.210.